The Hall–Kier alpha value is -1.33. The van der Waals surface area contributed by atoms with Gasteiger partial charge in [0.1, 0.15) is 6.33 Å². The van der Waals surface area contributed by atoms with Crippen molar-refractivity contribution in [2.24, 2.45) is 0 Å². The summed E-state index contributed by atoms with van der Waals surface area (Å²) in [6.45, 7) is 4.28. The van der Waals surface area contributed by atoms with Crippen molar-refractivity contribution in [3.8, 4) is 0 Å². The van der Waals surface area contributed by atoms with Crippen LogP contribution in [0, 0.1) is 13.8 Å². The topological polar surface area (TPSA) is 53.6 Å². The fourth-order valence-corrected chi connectivity index (χ4v) is 2.68. The van der Waals surface area contributed by atoms with Gasteiger partial charge in [-0.1, -0.05) is 30.0 Å². The quantitative estimate of drug-likeness (QED) is 0.813. The summed E-state index contributed by atoms with van der Waals surface area (Å²) in [6.07, 6.45) is 1.53. The molecule has 0 amide bonds. The average molecular weight is 262 g/mol. The lowest BCUT2D eigenvalue weighted by atomic mass is 10.0. The third-order valence-electron chi connectivity index (χ3n) is 3.06. The molecule has 0 saturated carbocycles. The number of nitrogens with zero attached hydrogens (tertiary/aromatic N) is 2. The summed E-state index contributed by atoms with van der Waals surface area (Å²) in [5.41, 5.74) is 3.97. The fraction of sp³-hybridized carbons (Fsp3) is 0.385. The van der Waals surface area contributed by atoms with Crippen LogP contribution in [-0.4, -0.2) is 28.0 Å². The Morgan fingerprint density at radius 1 is 1.33 bits per heavy atom. The predicted octanol–water partition coefficient (Wildman–Crippen LogP) is 2.47. The van der Waals surface area contributed by atoms with Crippen LogP contribution in [0.3, 0.4) is 0 Å². The van der Waals surface area contributed by atoms with Gasteiger partial charge in [0.2, 0.25) is 0 Å². The van der Waals surface area contributed by atoms with Crippen LogP contribution in [0.5, 0.6) is 0 Å². The first-order chi connectivity index (χ1) is 8.70. The highest BCUT2D eigenvalue weighted by Gasteiger charge is 2.11. The minimum Gasteiger partial charge on any atom is -0.312 e. The Labute approximate surface area is 112 Å². The number of aromatic nitrogens is 3. The molecule has 0 aliphatic carbocycles. The second kappa shape index (κ2) is 6.02. The van der Waals surface area contributed by atoms with Gasteiger partial charge in [0.25, 0.3) is 0 Å². The molecule has 4 nitrogen and oxygen atoms in total. The molecule has 0 radical (unpaired) electrons. The van der Waals surface area contributed by atoms with E-state index in [-0.39, 0.29) is 0 Å². The van der Waals surface area contributed by atoms with Gasteiger partial charge in [-0.3, -0.25) is 5.10 Å². The second-order valence-electron chi connectivity index (χ2n) is 4.29. The zero-order chi connectivity index (χ0) is 13.0. The number of hydrogen-bond donors (Lipinski definition) is 2. The molecular weight excluding hydrogens is 244 g/mol. The normalized spacial score (nSPS) is 12.6. The van der Waals surface area contributed by atoms with Gasteiger partial charge in [-0.25, -0.2) is 4.98 Å². The Morgan fingerprint density at radius 2 is 2.17 bits per heavy atom. The number of H-pyrrole nitrogens is 1. The fourth-order valence-electron chi connectivity index (χ4n) is 1.75. The molecular formula is C13H18N4S. The van der Waals surface area contributed by atoms with E-state index in [1.165, 1.54) is 23.0 Å². The van der Waals surface area contributed by atoms with Gasteiger partial charge in [0.15, 0.2) is 5.16 Å². The number of rotatable bonds is 5. The Morgan fingerprint density at radius 3 is 2.78 bits per heavy atom. The van der Waals surface area contributed by atoms with E-state index in [4.69, 9.17) is 0 Å². The molecule has 0 aliphatic heterocycles. The van der Waals surface area contributed by atoms with Gasteiger partial charge in [-0.2, -0.15) is 5.10 Å². The molecule has 1 atom stereocenters. The van der Waals surface area contributed by atoms with Gasteiger partial charge < -0.3 is 5.32 Å². The van der Waals surface area contributed by atoms with Crippen LogP contribution in [0.25, 0.3) is 0 Å². The van der Waals surface area contributed by atoms with E-state index in [2.05, 4.69) is 52.5 Å². The largest absolute Gasteiger partial charge is 0.312 e. The summed E-state index contributed by atoms with van der Waals surface area (Å²) in [4.78, 5) is 4.12. The third kappa shape index (κ3) is 3.11. The smallest absolute Gasteiger partial charge is 0.183 e. The molecule has 1 aromatic carbocycles. The number of nitrogens with one attached hydrogen (secondary N) is 2. The molecule has 96 valence electrons. The molecule has 0 fully saturated rings. The van der Waals surface area contributed by atoms with Crippen LogP contribution < -0.4 is 5.32 Å². The summed E-state index contributed by atoms with van der Waals surface area (Å²) in [7, 11) is 1.99. The zero-order valence-electron chi connectivity index (χ0n) is 10.9. The maximum atomic E-state index is 4.12. The van der Waals surface area contributed by atoms with Crippen molar-refractivity contribution in [1.82, 2.24) is 20.5 Å². The van der Waals surface area contributed by atoms with E-state index in [9.17, 15) is 0 Å². The van der Waals surface area contributed by atoms with E-state index >= 15 is 0 Å². The molecule has 0 saturated heterocycles. The van der Waals surface area contributed by atoms with Gasteiger partial charge >= 0.3 is 0 Å². The van der Waals surface area contributed by atoms with Crippen LogP contribution >= 0.6 is 11.8 Å². The second-order valence-corrected chi connectivity index (χ2v) is 5.30. The standard InChI is InChI=1S/C13H18N4S/c1-9-4-5-11(6-10(9)2)12(14-3)7-18-13-15-8-16-17-13/h4-6,8,12,14H,7H2,1-3H3,(H,15,16,17). The van der Waals surface area contributed by atoms with Crippen LogP contribution in [0.15, 0.2) is 29.7 Å². The molecule has 18 heavy (non-hydrogen) atoms. The minimum atomic E-state index is 0.319. The summed E-state index contributed by atoms with van der Waals surface area (Å²) in [6, 6.07) is 6.93. The molecule has 1 unspecified atom stereocenters. The van der Waals surface area contributed by atoms with Gasteiger partial charge in [-0.05, 0) is 37.6 Å². The van der Waals surface area contributed by atoms with Gasteiger partial charge in [0, 0.05) is 11.8 Å². The zero-order valence-corrected chi connectivity index (χ0v) is 11.7. The number of aromatic amines is 1. The summed E-state index contributed by atoms with van der Waals surface area (Å²) in [5, 5.41) is 10.9. The summed E-state index contributed by atoms with van der Waals surface area (Å²) < 4.78 is 0. The van der Waals surface area contributed by atoms with Crippen molar-refractivity contribution >= 4 is 11.8 Å². The summed E-state index contributed by atoms with van der Waals surface area (Å²) >= 11 is 1.67. The first-order valence-corrected chi connectivity index (χ1v) is 6.92. The van der Waals surface area contributed by atoms with E-state index in [0.29, 0.717) is 6.04 Å². The monoisotopic (exact) mass is 262 g/mol. The average Bonchev–Trinajstić information content (AvgIpc) is 2.87. The molecule has 5 heteroatoms. The highest BCUT2D eigenvalue weighted by Crippen LogP contribution is 2.23. The lowest BCUT2D eigenvalue weighted by Gasteiger charge is -2.16. The lowest BCUT2D eigenvalue weighted by molar-refractivity contribution is 0.660. The van der Waals surface area contributed by atoms with E-state index in [1.807, 2.05) is 7.05 Å². The van der Waals surface area contributed by atoms with E-state index < -0.39 is 0 Å². The molecule has 0 spiro atoms. The number of thioether (sulfide) groups is 1. The van der Waals surface area contributed by atoms with Crippen molar-refractivity contribution in [3.05, 3.63) is 41.2 Å². The van der Waals surface area contributed by atoms with Crippen LogP contribution in [0.1, 0.15) is 22.7 Å². The Kier molecular flexibility index (Phi) is 4.38. The van der Waals surface area contributed by atoms with Crippen molar-refractivity contribution in [2.75, 3.05) is 12.8 Å². The summed E-state index contributed by atoms with van der Waals surface area (Å²) in [5.74, 6) is 0.925. The SMILES string of the molecule is CNC(CSc1ncn[nH]1)c1ccc(C)c(C)c1. The van der Waals surface area contributed by atoms with Crippen LogP contribution in [0.2, 0.25) is 0 Å². The van der Waals surface area contributed by atoms with E-state index in [1.54, 1.807) is 11.8 Å². The molecule has 0 bridgehead atoms. The number of hydrogen-bond acceptors (Lipinski definition) is 4. The van der Waals surface area contributed by atoms with Gasteiger partial charge in [0.05, 0.1) is 0 Å². The van der Waals surface area contributed by atoms with Crippen LogP contribution in [0.4, 0.5) is 0 Å². The minimum absolute atomic E-state index is 0.319. The molecule has 0 aliphatic rings. The maximum absolute atomic E-state index is 4.12. The maximum Gasteiger partial charge on any atom is 0.183 e. The third-order valence-corrected chi connectivity index (χ3v) is 4.03. The Bertz CT molecular complexity index is 496. The first kappa shape index (κ1) is 13.1. The van der Waals surface area contributed by atoms with Crippen molar-refractivity contribution in [3.63, 3.8) is 0 Å². The molecule has 2 aromatic rings. The predicted molar refractivity (Wildman–Crippen MR) is 74.8 cm³/mol. The van der Waals surface area contributed by atoms with Crippen molar-refractivity contribution < 1.29 is 0 Å². The van der Waals surface area contributed by atoms with Crippen molar-refractivity contribution in [2.45, 2.75) is 25.0 Å². The van der Waals surface area contributed by atoms with Crippen LogP contribution in [-0.2, 0) is 0 Å². The first-order valence-electron chi connectivity index (χ1n) is 5.93. The highest BCUT2D eigenvalue weighted by molar-refractivity contribution is 7.99. The molecule has 1 heterocycles. The molecule has 2 rings (SSSR count). The number of benzene rings is 1. The highest BCUT2D eigenvalue weighted by atomic mass is 32.2. The lowest BCUT2D eigenvalue weighted by Crippen LogP contribution is -2.19. The number of aryl methyl sites for hydroxylation is 2. The molecule has 1 aromatic heterocycles. The molecule has 2 N–H and O–H groups in total. The van der Waals surface area contributed by atoms with E-state index in [0.717, 1.165) is 10.9 Å². The van der Waals surface area contributed by atoms with Gasteiger partial charge in [-0.15, -0.1) is 0 Å². The van der Waals surface area contributed by atoms with Crippen molar-refractivity contribution in [1.29, 1.82) is 0 Å². The Balaban J connectivity index is 2.05.